The van der Waals surface area contributed by atoms with E-state index in [1.165, 1.54) is 6.07 Å². The SMILES string of the molecule is O=S1(=O)CCC(N2CCNc3cc(F)c(Br)cc32)C1. The van der Waals surface area contributed by atoms with Gasteiger partial charge in [-0.15, -0.1) is 0 Å². The van der Waals surface area contributed by atoms with Gasteiger partial charge in [0.1, 0.15) is 5.82 Å². The van der Waals surface area contributed by atoms with Gasteiger partial charge >= 0.3 is 0 Å². The van der Waals surface area contributed by atoms with E-state index in [1.807, 2.05) is 0 Å². The van der Waals surface area contributed by atoms with Gasteiger partial charge in [0.2, 0.25) is 0 Å². The maximum atomic E-state index is 13.5. The van der Waals surface area contributed by atoms with Gasteiger partial charge in [0.05, 0.1) is 27.4 Å². The predicted octanol–water partition coefficient (Wildman–Crippen LogP) is 2.01. The number of nitrogens with one attached hydrogen (secondary N) is 1. The zero-order chi connectivity index (χ0) is 13.6. The maximum absolute atomic E-state index is 13.5. The van der Waals surface area contributed by atoms with E-state index >= 15 is 0 Å². The van der Waals surface area contributed by atoms with Crippen LogP contribution in [0.25, 0.3) is 0 Å². The quantitative estimate of drug-likeness (QED) is 0.843. The van der Waals surface area contributed by atoms with E-state index in [1.54, 1.807) is 6.07 Å². The van der Waals surface area contributed by atoms with Crippen molar-refractivity contribution in [2.75, 3.05) is 34.8 Å². The molecule has 7 heteroatoms. The van der Waals surface area contributed by atoms with Crippen molar-refractivity contribution < 1.29 is 12.8 Å². The molecule has 2 aliphatic heterocycles. The third-order valence-electron chi connectivity index (χ3n) is 3.67. The van der Waals surface area contributed by atoms with Crippen LogP contribution in [0.15, 0.2) is 16.6 Å². The lowest BCUT2D eigenvalue weighted by Crippen LogP contribution is -2.42. The van der Waals surface area contributed by atoms with E-state index < -0.39 is 9.84 Å². The van der Waals surface area contributed by atoms with Crippen LogP contribution in [-0.4, -0.2) is 39.1 Å². The van der Waals surface area contributed by atoms with Crippen LogP contribution in [0, 0.1) is 5.82 Å². The minimum atomic E-state index is -2.91. The Balaban J connectivity index is 1.97. The van der Waals surface area contributed by atoms with Crippen molar-refractivity contribution in [3.8, 4) is 0 Å². The summed E-state index contributed by atoms with van der Waals surface area (Å²) in [7, 11) is -2.91. The number of hydrogen-bond donors (Lipinski definition) is 1. The Morgan fingerprint density at radius 3 is 2.89 bits per heavy atom. The summed E-state index contributed by atoms with van der Waals surface area (Å²) in [5.74, 6) is 0.132. The van der Waals surface area contributed by atoms with Gasteiger partial charge in [-0.25, -0.2) is 12.8 Å². The van der Waals surface area contributed by atoms with Gasteiger partial charge in [0, 0.05) is 25.2 Å². The molecule has 0 saturated carbocycles. The number of anilines is 2. The summed E-state index contributed by atoms with van der Waals surface area (Å²) in [6, 6.07) is 3.18. The van der Waals surface area contributed by atoms with Crippen LogP contribution in [-0.2, 0) is 9.84 Å². The highest BCUT2D eigenvalue weighted by molar-refractivity contribution is 9.10. The van der Waals surface area contributed by atoms with Gasteiger partial charge in [-0.3, -0.25) is 0 Å². The molecule has 0 aromatic heterocycles. The average Bonchev–Trinajstić information content (AvgIpc) is 2.70. The Hall–Kier alpha value is -0.820. The summed E-state index contributed by atoms with van der Waals surface area (Å²) in [4.78, 5) is 2.08. The number of halogens is 2. The fraction of sp³-hybridized carbons (Fsp3) is 0.500. The second-order valence-corrected chi connectivity index (χ2v) is 8.04. The fourth-order valence-corrected chi connectivity index (χ4v) is 4.81. The molecule has 0 bridgehead atoms. The number of benzene rings is 1. The highest BCUT2D eigenvalue weighted by Crippen LogP contribution is 2.36. The molecule has 1 saturated heterocycles. The molecule has 0 radical (unpaired) electrons. The van der Waals surface area contributed by atoms with Crippen LogP contribution in [0.5, 0.6) is 0 Å². The molecule has 1 aromatic carbocycles. The fourth-order valence-electron chi connectivity index (χ4n) is 2.75. The van der Waals surface area contributed by atoms with Crippen LogP contribution >= 0.6 is 15.9 Å². The molecule has 1 unspecified atom stereocenters. The van der Waals surface area contributed by atoms with Crippen LogP contribution < -0.4 is 10.2 Å². The smallest absolute Gasteiger partial charge is 0.152 e. The number of fused-ring (bicyclic) bond motifs is 1. The first kappa shape index (κ1) is 13.2. The predicted molar refractivity (Wildman–Crippen MR) is 77.0 cm³/mol. The van der Waals surface area contributed by atoms with Gasteiger partial charge in [0.15, 0.2) is 9.84 Å². The summed E-state index contributed by atoms with van der Waals surface area (Å²) >= 11 is 3.19. The molecule has 2 heterocycles. The van der Waals surface area contributed by atoms with Gasteiger partial charge in [-0.05, 0) is 28.4 Å². The Bertz CT molecular complexity index is 620. The molecule has 2 aliphatic rings. The number of sulfone groups is 1. The molecular weight excluding hydrogens is 335 g/mol. The van der Waals surface area contributed by atoms with Gasteiger partial charge in [-0.1, -0.05) is 0 Å². The van der Waals surface area contributed by atoms with Crippen molar-refractivity contribution in [2.45, 2.75) is 12.5 Å². The molecule has 1 fully saturated rings. The van der Waals surface area contributed by atoms with Crippen molar-refractivity contribution in [1.29, 1.82) is 0 Å². The highest BCUT2D eigenvalue weighted by Gasteiger charge is 2.34. The number of rotatable bonds is 1. The monoisotopic (exact) mass is 348 g/mol. The first-order valence-corrected chi connectivity index (χ1v) is 8.78. The number of nitrogens with zero attached hydrogens (tertiary/aromatic N) is 1. The molecule has 1 N–H and O–H groups in total. The zero-order valence-corrected chi connectivity index (χ0v) is 12.6. The molecule has 1 aromatic rings. The van der Waals surface area contributed by atoms with Crippen molar-refractivity contribution in [2.24, 2.45) is 0 Å². The number of hydrogen-bond acceptors (Lipinski definition) is 4. The lowest BCUT2D eigenvalue weighted by Gasteiger charge is -2.36. The second-order valence-electron chi connectivity index (χ2n) is 4.96. The van der Waals surface area contributed by atoms with E-state index in [4.69, 9.17) is 0 Å². The van der Waals surface area contributed by atoms with E-state index in [9.17, 15) is 12.8 Å². The summed E-state index contributed by atoms with van der Waals surface area (Å²) < 4.78 is 37.1. The first-order valence-electron chi connectivity index (χ1n) is 6.16. The van der Waals surface area contributed by atoms with Gasteiger partial charge in [-0.2, -0.15) is 0 Å². The third kappa shape index (κ3) is 2.45. The lowest BCUT2D eigenvalue weighted by atomic mass is 10.1. The average molecular weight is 349 g/mol. The van der Waals surface area contributed by atoms with Crippen LogP contribution in [0.4, 0.5) is 15.8 Å². The lowest BCUT2D eigenvalue weighted by molar-refractivity contribution is 0.598. The molecule has 104 valence electrons. The Labute approximate surface area is 120 Å². The Morgan fingerprint density at radius 2 is 2.21 bits per heavy atom. The van der Waals surface area contributed by atoms with E-state index in [0.29, 0.717) is 17.4 Å². The van der Waals surface area contributed by atoms with Crippen molar-refractivity contribution in [1.82, 2.24) is 0 Å². The third-order valence-corrected chi connectivity index (χ3v) is 6.02. The molecule has 19 heavy (non-hydrogen) atoms. The van der Waals surface area contributed by atoms with E-state index in [-0.39, 0.29) is 23.4 Å². The molecule has 0 aliphatic carbocycles. The largest absolute Gasteiger partial charge is 0.382 e. The van der Waals surface area contributed by atoms with Crippen LogP contribution in [0.3, 0.4) is 0 Å². The van der Waals surface area contributed by atoms with Crippen molar-refractivity contribution in [3.63, 3.8) is 0 Å². The first-order chi connectivity index (χ1) is 8.96. The highest BCUT2D eigenvalue weighted by atomic mass is 79.9. The summed E-state index contributed by atoms with van der Waals surface area (Å²) in [5, 5.41) is 3.15. The second kappa shape index (κ2) is 4.63. The molecule has 0 amide bonds. The van der Waals surface area contributed by atoms with Gasteiger partial charge in [0.25, 0.3) is 0 Å². The maximum Gasteiger partial charge on any atom is 0.152 e. The van der Waals surface area contributed by atoms with Crippen molar-refractivity contribution >= 4 is 37.1 Å². The van der Waals surface area contributed by atoms with Crippen molar-refractivity contribution in [3.05, 3.63) is 22.4 Å². The minimum Gasteiger partial charge on any atom is -0.382 e. The summed E-state index contributed by atoms with van der Waals surface area (Å²) in [5.41, 5.74) is 1.61. The minimum absolute atomic E-state index is 0.00297. The van der Waals surface area contributed by atoms with Crippen LogP contribution in [0.2, 0.25) is 0 Å². The molecule has 1 atom stereocenters. The topological polar surface area (TPSA) is 49.4 Å². The molecule has 3 rings (SSSR count). The normalized spacial score (nSPS) is 24.9. The van der Waals surface area contributed by atoms with Gasteiger partial charge < -0.3 is 10.2 Å². The zero-order valence-electron chi connectivity index (χ0n) is 10.2. The standard InChI is InChI=1S/C12H14BrFN2O2S/c13-9-5-12-11(6-10(9)14)15-2-3-16(12)8-1-4-19(17,18)7-8/h5-6,8,15H,1-4,7H2. The Kier molecular flexibility index (Phi) is 3.21. The van der Waals surface area contributed by atoms with Crippen LogP contribution in [0.1, 0.15) is 6.42 Å². The molecule has 4 nitrogen and oxygen atoms in total. The Morgan fingerprint density at radius 1 is 1.42 bits per heavy atom. The van der Waals surface area contributed by atoms with E-state index in [2.05, 4.69) is 26.1 Å². The summed E-state index contributed by atoms with van der Waals surface area (Å²) in [6.07, 6.45) is 0.650. The summed E-state index contributed by atoms with van der Waals surface area (Å²) in [6.45, 7) is 1.44. The van der Waals surface area contributed by atoms with E-state index in [0.717, 1.165) is 17.9 Å². The molecular formula is C12H14BrFN2O2S. The molecule has 0 spiro atoms.